The van der Waals surface area contributed by atoms with E-state index in [-0.39, 0.29) is 35.9 Å². The molecule has 0 aliphatic carbocycles. The number of rotatable bonds is 13. The van der Waals surface area contributed by atoms with Crippen LogP contribution in [0.15, 0.2) is 29.3 Å². The molecule has 1 atom stereocenters. The van der Waals surface area contributed by atoms with Gasteiger partial charge in [-0.15, -0.1) is 24.0 Å². The third kappa shape index (κ3) is 13.7. The van der Waals surface area contributed by atoms with Crippen molar-refractivity contribution < 1.29 is 18.6 Å². The summed E-state index contributed by atoms with van der Waals surface area (Å²) in [6, 6.07) is 6.12. The first-order valence-electron chi connectivity index (χ1n) is 9.18. The molecule has 8 heteroatoms. The topological polar surface area (TPSA) is 64.1 Å². The Hall–Kier alpha value is -1.13. The normalized spacial score (nSPS) is 12.2. The highest BCUT2D eigenvalue weighted by Crippen LogP contribution is 2.13. The van der Waals surface area contributed by atoms with Crippen molar-refractivity contribution in [1.29, 1.82) is 0 Å². The van der Waals surface area contributed by atoms with Crippen molar-refractivity contribution >= 4 is 29.9 Å². The monoisotopic (exact) mass is 497 g/mol. The van der Waals surface area contributed by atoms with E-state index in [1.807, 2.05) is 6.92 Å². The van der Waals surface area contributed by atoms with E-state index in [4.69, 9.17) is 14.2 Å². The van der Waals surface area contributed by atoms with Gasteiger partial charge >= 0.3 is 0 Å². The van der Waals surface area contributed by atoms with Gasteiger partial charge in [0.25, 0.3) is 0 Å². The van der Waals surface area contributed by atoms with Gasteiger partial charge in [0.2, 0.25) is 0 Å². The Bertz CT molecular complexity index is 521. The van der Waals surface area contributed by atoms with Crippen molar-refractivity contribution in [2.24, 2.45) is 4.99 Å². The number of hydrogen-bond acceptors (Lipinski definition) is 4. The maximum atomic E-state index is 13.1. The Morgan fingerprint density at radius 3 is 2.56 bits per heavy atom. The Balaban J connectivity index is 0.00000676. The van der Waals surface area contributed by atoms with Crippen LogP contribution in [-0.2, 0) is 9.47 Å². The van der Waals surface area contributed by atoms with Crippen LogP contribution in [0.3, 0.4) is 0 Å². The summed E-state index contributed by atoms with van der Waals surface area (Å²) in [6.45, 7) is 7.83. The summed E-state index contributed by atoms with van der Waals surface area (Å²) in [7, 11) is 1.70. The second-order valence-corrected chi connectivity index (χ2v) is 5.84. The number of benzene rings is 1. The van der Waals surface area contributed by atoms with Gasteiger partial charge < -0.3 is 24.8 Å². The minimum atomic E-state index is -0.309. The van der Waals surface area contributed by atoms with Crippen molar-refractivity contribution in [2.75, 3.05) is 46.6 Å². The summed E-state index contributed by atoms with van der Waals surface area (Å²) < 4.78 is 29.7. The fourth-order valence-electron chi connectivity index (χ4n) is 2.09. The smallest absolute Gasteiger partial charge is 0.191 e. The number of ether oxygens (including phenoxy) is 3. The molecule has 156 valence electrons. The van der Waals surface area contributed by atoms with Gasteiger partial charge in [-0.25, -0.2) is 4.39 Å². The Morgan fingerprint density at radius 1 is 1.15 bits per heavy atom. The Kier molecular flexibility index (Phi) is 16.3. The molecule has 27 heavy (non-hydrogen) atoms. The number of hydrogen-bond donors (Lipinski definition) is 2. The van der Waals surface area contributed by atoms with E-state index in [1.54, 1.807) is 19.2 Å². The fraction of sp³-hybridized carbons (Fsp3) is 0.632. The van der Waals surface area contributed by atoms with Crippen molar-refractivity contribution in [3.63, 3.8) is 0 Å². The van der Waals surface area contributed by atoms with E-state index >= 15 is 0 Å². The average Bonchev–Trinajstić information content (AvgIpc) is 2.62. The zero-order chi connectivity index (χ0) is 19.0. The van der Waals surface area contributed by atoms with Gasteiger partial charge in [0.1, 0.15) is 17.7 Å². The van der Waals surface area contributed by atoms with Crippen LogP contribution in [0, 0.1) is 5.82 Å². The lowest BCUT2D eigenvalue weighted by atomic mass is 10.3. The van der Waals surface area contributed by atoms with Crippen molar-refractivity contribution in [2.45, 2.75) is 32.8 Å². The summed E-state index contributed by atoms with van der Waals surface area (Å²) in [6.07, 6.45) is 2.10. The molecule has 1 unspecified atom stereocenters. The number of nitrogens with one attached hydrogen (secondary N) is 2. The number of nitrogens with zero attached hydrogens (tertiary/aromatic N) is 1. The molecular weight excluding hydrogens is 464 g/mol. The molecule has 0 saturated carbocycles. The number of aliphatic imine (C=N–C) groups is 1. The summed E-state index contributed by atoms with van der Waals surface area (Å²) in [4.78, 5) is 4.15. The van der Waals surface area contributed by atoms with Gasteiger partial charge in [-0.3, -0.25) is 4.99 Å². The maximum absolute atomic E-state index is 13.1. The van der Waals surface area contributed by atoms with E-state index < -0.39 is 0 Å². The second-order valence-electron chi connectivity index (χ2n) is 5.84. The molecule has 2 N–H and O–H groups in total. The molecule has 0 bridgehead atoms. The van der Waals surface area contributed by atoms with Crippen LogP contribution in [0.1, 0.15) is 26.7 Å². The molecule has 0 amide bonds. The fourth-order valence-corrected chi connectivity index (χ4v) is 2.09. The quantitative estimate of drug-likeness (QED) is 0.190. The SMILES string of the molecule is CCCCOCCOCCNC(=NC)NCC(C)Oc1cccc(F)c1.I. The number of unbranched alkanes of at least 4 members (excludes halogenated alkanes) is 1. The van der Waals surface area contributed by atoms with Crippen LogP contribution in [0.4, 0.5) is 4.39 Å². The molecule has 0 radical (unpaired) electrons. The van der Waals surface area contributed by atoms with Gasteiger partial charge in [0.15, 0.2) is 5.96 Å². The van der Waals surface area contributed by atoms with E-state index in [2.05, 4.69) is 22.5 Å². The first-order chi connectivity index (χ1) is 12.7. The summed E-state index contributed by atoms with van der Waals surface area (Å²) in [5.41, 5.74) is 0. The van der Waals surface area contributed by atoms with E-state index in [9.17, 15) is 4.39 Å². The lowest BCUT2D eigenvalue weighted by Gasteiger charge is -2.17. The van der Waals surface area contributed by atoms with Crippen LogP contribution in [0.25, 0.3) is 0 Å². The zero-order valence-corrected chi connectivity index (χ0v) is 18.8. The molecular formula is C19H33FIN3O3. The predicted molar refractivity (Wildman–Crippen MR) is 118 cm³/mol. The minimum absolute atomic E-state index is 0. The second kappa shape index (κ2) is 17.0. The van der Waals surface area contributed by atoms with E-state index in [0.29, 0.717) is 44.6 Å². The maximum Gasteiger partial charge on any atom is 0.191 e. The highest BCUT2D eigenvalue weighted by Gasteiger charge is 2.06. The third-order valence-electron chi connectivity index (χ3n) is 3.47. The van der Waals surface area contributed by atoms with Crippen LogP contribution < -0.4 is 15.4 Å². The first-order valence-corrected chi connectivity index (χ1v) is 9.18. The van der Waals surface area contributed by atoms with Crippen molar-refractivity contribution in [3.8, 4) is 5.75 Å². The van der Waals surface area contributed by atoms with Gasteiger partial charge in [-0.2, -0.15) is 0 Å². The largest absolute Gasteiger partial charge is 0.489 e. The lowest BCUT2D eigenvalue weighted by molar-refractivity contribution is 0.0487. The van der Waals surface area contributed by atoms with Crippen molar-refractivity contribution in [3.05, 3.63) is 30.1 Å². The Morgan fingerprint density at radius 2 is 1.89 bits per heavy atom. The Labute approximate surface area is 179 Å². The van der Waals surface area contributed by atoms with Crippen molar-refractivity contribution in [1.82, 2.24) is 10.6 Å². The molecule has 0 saturated heterocycles. The summed E-state index contributed by atoms with van der Waals surface area (Å²) >= 11 is 0. The molecule has 0 spiro atoms. The molecule has 0 heterocycles. The van der Waals surface area contributed by atoms with Crippen LogP contribution >= 0.6 is 24.0 Å². The lowest BCUT2D eigenvalue weighted by Crippen LogP contribution is -2.42. The van der Waals surface area contributed by atoms with Crippen LogP contribution in [-0.4, -0.2) is 58.6 Å². The van der Waals surface area contributed by atoms with Crippen LogP contribution in [0.2, 0.25) is 0 Å². The molecule has 1 aromatic carbocycles. The molecule has 0 aliphatic heterocycles. The number of guanidine groups is 1. The average molecular weight is 497 g/mol. The van der Waals surface area contributed by atoms with Crippen LogP contribution in [0.5, 0.6) is 5.75 Å². The standard InChI is InChI=1S/C19H32FN3O3.HI/c1-4-5-10-24-12-13-25-11-9-22-19(21-3)23-15-16(2)26-18-8-6-7-17(20)14-18;/h6-8,14,16H,4-5,9-13,15H2,1-3H3,(H2,21,22,23);1H. The highest BCUT2D eigenvalue weighted by molar-refractivity contribution is 14.0. The first kappa shape index (κ1) is 25.9. The molecule has 0 aliphatic rings. The molecule has 0 aromatic heterocycles. The van der Waals surface area contributed by atoms with Gasteiger partial charge in [-0.05, 0) is 25.5 Å². The zero-order valence-electron chi connectivity index (χ0n) is 16.5. The van der Waals surface area contributed by atoms with E-state index in [0.717, 1.165) is 19.4 Å². The summed E-state index contributed by atoms with van der Waals surface area (Å²) in [5, 5.41) is 6.34. The number of halogens is 2. The molecule has 1 rings (SSSR count). The minimum Gasteiger partial charge on any atom is -0.489 e. The molecule has 0 fully saturated rings. The predicted octanol–water partition coefficient (Wildman–Crippen LogP) is 3.21. The van der Waals surface area contributed by atoms with Gasteiger partial charge in [0.05, 0.1) is 26.4 Å². The third-order valence-corrected chi connectivity index (χ3v) is 3.47. The highest BCUT2D eigenvalue weighted by atomic mass is 127. The van der Waals surface area contributed by atoms with Gasteiger partial charge in [-0.1, -0.05) is 19.4 Å². The van der Waals surface area contributed by atoms with Gasteiger partial charge in [0, 0.05) is 26.3 Å². The summed E-state index contributed by atoms with van der Waals surface area (Å²) in [5.74, 6) is 0.871. The molecule has 6 nitrogen and oxygen atoms in total. The molecule has 1 aromatic rings. The van der Waals surface area contributed by atoms with E-state index in [1.165, 1.54) is 12.1 Å².